The van der Waals surface area contributed by atoms with Crippen LogP contribution in [0.4, 0.5) is 0 Å². The number of nitrogens with one attached hydrogen (secondary N) is 2. The van der Waals surface area contributed by atoms with E-state index in [1.165, 1.54) is 0 Å². The lowest BCUT2D eigenvalue weighted by molar-refractivity contribution is -0.145. The predicted octanol–water partition coefficient (Wildman–Crippen LogP) is 4.30. The molecule has 0 unspecified atom stereocenters. The number of ether oxygens (including phenoxy) is 2. The van der Waals surface area contributed by atoms with E-state index < -0.39 is 18.0 Å². The average Bonchev–Trinajstić information content (AvgIpc) is 3.02. The Balaban J connectivity index is 1.33. The zero-order valence-corrected chi connectivity index (χ0v) is 24.3. The summed E-state index contributed by atoms with van der Waals surface area (Å²) in [6.07, 6.45) is 5.70. The van der Waals surface area contributed by atoms with Crippen molar-refractivity contribution in [1.82, 2.24) is 10.6 Å². The van der Waals surface area contributed by atoms with Crippen molar-refractivity contribution in [3.05, 3.63) is 114 Å². The third-order valence-corrected chi connectivity index (χ3v) is 7.26. The van der Waals surface area contributed by atoms with Crippen molar-refractivity contribution in [2.24, 2.45) is 5.92 Å². The van der Waals surface area contributed by atoms with Gasteiger partial charge in [-0.05, 0) is 54.5 Å². The number of hydrogen-bond donors (Lipinski definition) is 3. The van der Waals surface area contributed by atoms with Gasteiger partial charge in [0.25, 0.3) is 0 Å². The molecule has 8 nitrogen and oxygen atoms in total. The predicted molar refractivity (Wildman–Crippen MR) is 164 cm³/mol. The first-order valence-corrected chi connectivity index (χ1v) is 14.8. The average molecular weight is 585 g/mol. The van der Waals surface area contributed by atoms with E-state index in [-0.39, 0.29) is 43.8 Å². The molecule has 1 aliphatic heterocycles. The number of carbonyl (C=O) groups excluding carboxylic acids is 3. The van der Waals surface area contributed by atoms with Crippen LogP contribution in [0.15, 0.2) is 97.1 Å². The van der Waals surface area contributed by atoms with Gasteiger partial charge in [-0.15, -0.1) is 0 Å². The maximum absolute atomic E-state index is 13.3. The lowest BCUT2D eigenvalue weighted by atomic mass is 9.97. The summed E-state index contributed by atoms with van der Waals surface area (Å²) in [7, 11) is 0. The van der Waals surface area contributed by atoms with Crippen LogP contribution in [0.25, 0.3) is 0 Å². The normalized spacial score (nSPS) is 18.3. The van der Waals surface area contributed by atoms with Gasteiger partial charge in [-0.25, -0.2) is 0 Å². The van der Waals surface area contributed by atoms with E-state index in [9.17, 15) is 19.5 Å². The first-order valence-electron chi connectivity index (χ1n) is 14.8. The Morgan fingerprint density at radius 3 is 2.33 bits per heavy atom. The summed E-state index contributed by atoms with van der Waals surface area (Å²) < 4.78 is 11.3. The Kier molecular flexibility index (Phi) is 12.4. The van der Waals surface area contributed by atoms with Crippen LogP contribution in [0.3, 0.4) is 0 Å². The molecule has 0 aromatic heterocycles. The van der Waals surface area contributed by atoms with Gasteiger partial charge in [-0.3, -0.25) is 14.4 Å². The smallest absolute Gasteiger partial charge is 0.306 e. The number of esters is 1. The summed E-state index contributed by atoms with van der Waals surface area (Å²) in [5, 5.41) is 15.9. The van der Waals surface area contributed by atoms with E-state index in [0.29, 0.717) is 32.3 Å². The molecule has 0 radical (unpaired) electrons. The molecule has 3 aromatic carbocycles. The summed E-state index contributed by atoms with van der Waals surface area (Å²) in [6.45, 7) is 0.293. The van der Waals surface area contributed by atoms with Crippen LogP contribution in [0.1, 0.15) is 42.4 Å². The molecule has 3 N–H and O–H groups in total. The van der Waals surface area contributed by atoms with Gasteiger partial charge in [0.05, 0.1) is 24.6 Å². The molecule has 3 aromatic rings. The van der Waals surface area contributed by atoms with E-state index in [1.807, 2.05) is 97.1 Å². The molecule has 4 rings (SSSR count). The minimum Gasteiger partial charge on any atom is -0.489 e. The number of carbonyl (C=O) groups is 3. The van der Waals surface area contributed by atoms with Crippen molar-refractivity contribution >= 4 is 17.8 Å². The number of allylic oxidation sites excluding steroid dienone is 2. The molecule has 226 valence electrons. The van der Waals surface area contributed by atoms with Crippen LogP contribution < -0.4 is 15.4 Å². The SMILES string of the molecule is O=C(C[C@H]1CC=CCCC(=O)OC[C@H](Cc2ccccc2)NC1=O)N[C@H](CO)Cc1ccc(OCc2ccccc2)cc1. The summed E-state index contributed by atoms with van der Waals surface area (Å²) >= 11 is 0. The van der Waals surface area contributed by atoms with Crippen molar-refractivity contribution < 1.29 is 29.0 Å². The zero-order valence-electron chi connectivity index (χ0n) is 24.3. The monoisotopic (exact) mass is 584 g/mol. The van der Waals surface area contributed by atoms with Crippen LogP contribution >= 0.6 is 0 Å². The van der Waals surface area contributed by atoms with E-state index in [1.54, 1.807) is 0 Å². The van der Waals surface area contributed by atoms with Gasteiger partial charge in [0, 0.05) is 12.8 Å². The fourth-order valence-corrected chi connectivity index (χ4v) is 4.92. The second kappa shape index (κ2) is 16.9. The largest absolute Gasteiger partial charge is 0.489 e. The van der Waals surface area contributed by atoms with Crippen molar-refractivity contribution in [3.8, 4) is 5.75 Å². The first-order chi connectivity index (χ1) is 21.0. The first kappa shape index (κ1) is 31.5. The highest BCUT2D eigenvalue weighted by atomic mass is 16.5. The minimum absolute atomic E-state index is 0.0310. The van der Waals surface area contributed by atoms with Crippen LogP contribution in [0.5, 0.6) is 5.75 Å². The molecular weight excluding hydrogens is 544 g/mol. The number of benzene rings is 3. The molecular formula is C35H40N2O6. The Morgan fingerprint density at radius 2 is 1.63 bits per heavy atom. The Labute approximate surface area is 253 Å². The molecule has 0 bridgehead atoms. The molecule has 0 spiro atoms. The quantitative estimate of drug-likeness (QED) is 0.229. The number of amides is 2. The van der Waals surface area contributed by atoms with Gasteiger partial charge in [-0.2, -0.15) is 0 Å². The number of cyclic esters (lactones) is 1. The van der Waals surface area contributed by atoms with Crippen LogP contribution in [-0.4, -0.2) is 48.2 Å². The third kappa shape index (κ3) is 11.1. The molecule has 8 heteroatoms. The Bertz CT molecular complexity index is 1330. The lowest BCUT2D eigenvalue weighted by Crippen LogP contribution is -2.45. The summed E-state index contributed by atoms with van der Waals surface area (Å²) in [5.74, 6) is -0.764. The number of hydrogen-bond acceptors (Lipinski definition) is 6. The van der Waals surface area contributed by atoms with Crippen LogP contribution in [-0.2, 0) is 38.6 Å². The number of aliphatic hydroxyl groups is 1. The second-order valence-electron chi connectivity index (χ2n) is 10.8. The minimum atomic E-state index is -0.606. The summed E-state index contributed by atoms with van der Waals surface area (Å²) in [4.78, 5) is 38.5. The Hall–Kier alpha value is -4.43. The molecule has 2 amide bonds. The Morgan fingerprint density at radius 1 is 0.930 bits per heavy atom. The standard InChI is InChI=1S/C35H40N2O6/c38-23-30(20-27-16-18-32(19-17-27)42-24-28-12-6-2-7-13-28)36-33(39)22-29-14-8-3-9-15-34(40)43-25-31(37-35(29)41)21-26-10-4-1-5-11-26/h1-8,10-13,16-19,29-31,38H,9,14-15,20-25H2,(H,36,39)(H,37,41)/t29-,30+,31+/m1/s1. The van der Waals surface area contributed by atoms with Crippen LogP contribution in [0.2, 0.25) is 0 Å². The maximum Gasteiger partial charge on any atom is 0.306 e. The van der Waals surface area contributed by atoms with E-state index in [2.05, 4.69) is 10.6 Å². The fraction of sp³-hybridized carbons (Fsp3) is 0.343. The van der Waals surface area contributed by atoms with Crippen molar-refractivity contribution in [2.75, 3.05) is 13.2 Å². The molecule has 0 fully saturated rings. The number of aliphatic hydroxyl groups excluding tert-OH is 1. The second-order valence-corrected chi connectivity index (χ2v) is 10.8. The topological polar surface area (TPSA) is 114 Å². The molecule has 3 atom stereocenters. The molecule has 0 aliphatic carbocycles. The van der Waals surface area contributed by atoms with Crippen LogP contribution in [0, 0.1) is 5.92 Å². The highest BCUT2D eigenvalue weighted by Gasteiger charge is 2.26. The molecule has 1 heterocycles. The van der Waals surface area contributed by atoms with Crippen molar-refractivity contribution in [1.29, 1.82) is 0 Å². The number of rotatable bonds is 11. The summed E-state index contributed by atoms with van der Waals surface area (Å²) in [5.41, 5.74) is 3.03. The molecule has 43 heavy (non-hydrogen) atoms. The van der Waals surface area contributed by atoms with Gasteiger partial charge in [0.15, 0.2) is 0 Å². The van der Waals surface area contributed by atoms with Gasteiger partial charge in [-0.1, -0.05) is 84.9 Å². The van der Waals surface area contributed by atoms with E-state index >= 15 is 0 Å². The highest BCUT2D eigenvalue weighted by molar-refractivity contribution is 5.86. The van der Waals surface area contributed by atoms with Crippen molar-refractivity contribution in [2.45, 2.75) is 57.2 Å². The van der Waals surface area contributed by atoms with Gasteiger partial charge in [0.1, 0.15) is 19.0 Å². The maximum atomic E-state index is 13.3. The third-order valence-electron chi connectivity index (χ3n) is 7.26. The zero-order chi connectivity index (χ0) is 30.3. The lowest BCUT2D eigenvalue weighted by Gasteiger charge is -2.24. The fourth-order valence-electron chi connectivity index (χ4n) is 4.92. The van der Waals surface area contributed by atoms with E-state index in [0.717, 1.165) is 22.4 Å². The molecule has 0 saturated carbocycles. The van der Waals surface area contributed by atoms with E-state index in [4.69, 9.17) is 9.47 Å². The van der Waals surface area contributed by atoms with Gasteiger partial charge >= 0.3 is 5.97 Å². The molecule has 1 aliphatic rings. The summed E-state index contributed by atoms with van der Waals surface area (Å²) in [6, 6.07) is 26.2. The van der Waals surface area contributed by atoms with Gasteiger partial charge in [0.2, 0.25) is 11.8 Å². The highest BCUT2D eigenvalue weighted by Crippen LogP contribution is 2.17. The van der Waals surface area contributed by atoms with Crippen molar-refractivity contribution in [3.63, 3.8) is 0 Å². The molecule has 0 saturated heterocycles. The van der Waals surface area contributed by atoms with Gasteiger partial charge < -0.3 is 25.2 Å².